The highest BCUT2D eigenvalue weighted by molar-refractivity contribution is 5.74. The number of pyridine rings is 1. The summed E-state index contributed by atoms with van der Waals surface area (Å²) >= 11 is 0. The van der Waals surface area contributed by atoms with Gasteiger partial charge in [-0.15, -0.1) is 0 Å². The van der Waals surface area contributed by atoms with Gasteiger partial charge in [0.2, 0.25) is 0 Å². The van der Waals surface area contributed by atoms with Crippen LogP contribution in [0.4, 0.5) is 0 Å². The van der Waals surface area contributed by atoms with Crippen molar-refractivity contribution < 1.29 is 0 Å². The molecule has 0 bridgehead atoms. The number of nitrogens with one attached hydrogen (secondary N) is 1. The van der Waals surface area contributed by atoms with Gasteiger partial charge in [-0.05, 0) is 12.1 Å². The Morgan fingerprint density at radius 2 is 2.19 bits per heavy atom. The monoisotopic (exact) mass is 213 g/mol. The zero-order valence-corrected chi connectivity index (χ0v) is 8.16. The highest BCUT2D eigenvalue weighted by atomic mass is 16.1. The first kappa shape index (κ1) is 8.78. The molecule has 0 unspecified atom stereocenters. The zero-order chi connectivity index (χ0) is 11.0. The summed E-state index contributed by atoms with van der Waals surface area (Å²) in [5, 5.41) is 3.12. The van der Waals surface area contributed by atoms with E-state index in [9.17, 15) is 4.79 Å². The van der Waals surface area contributed by atoms with Gasteiger partial charge >= 0.3 is 0 Å². The molecule has 6 nitrogen and oxygen atoms in total. The van der Waals surface area contributed by atoms with Gasteiger partial charge < -0.3 is 0 Å². The van der Waals surface area contributed by atoms with Gasteiger partial charge in [-0.2, -0.15) is 0 Å². The maximum absolute atomic E-state index is 11.6. The lowest BCUT2D eigenvalue weighted by molar-refractivity contribution is 0.847. The van der Waals surface area contributed by atoms with Gasteiger partial charge in [0.05, 0.1) is 0 Å². The quantitative estimate of drug-likeness (QED) is 0.638. The van der Waals surface area contributed by atoms with E-state index in [1.165, 1.54) is 12.5 Å². The number of hydrogen-bond acceptors (Lipinski definition) is 4. The fourth-order valence-electron chi connectivity index (χ4n) is 1.53. The Morgan fingerprint density at radius 3 is 3.00 bits per heavy atom. The smallest absolute Gasteiger partial charge is 0.267 e. The lowest BCUT2D eigenvalue weighted by atomic mass is 10.4. The van der Waals surface area contributed by atoms with Crippen LogP contribution in [0.5, 0.6) is 0 Å². The summed E-state index contributed by atoms with van der Waals surface area (Å²) in [6.07, 6.45) is 4.54. The van der Waals surface area contributed by atoms with Crippen LogP contribution in [0.1, 0.15) is 0 Å². The second-order valence-corrected chi connectivity index (χ2v) is 3.22. The highest BCUT2D eigenvalue weighted by Gasteiger charge is 2.08. The molecule has 3 heterocycles. The first-order valence-corrected chi connectivity index (χ1v) is 4.68. The summed E-state index contributed by atoms with van der Waals surface area (Å²) in [6, 6.07) is 5.44. The summed E-state index contributed by atoms with van der Waals surface area (Å²) < 4.78 is 1.54. The second kappa shape index (κ2) is 3.27. The SMILES string of the molecule is O=c1[nH]n(-c2ccccn2)c2ncncc12. The van der Waals surface area contributed by atoms with E-state index >= 15 is 0 Å². The molecule has 0 aliphatic heterocycles. The summed E-state index contributed by atoms with van der Waals surface area (Å²) in [5.74, 6) is 0.619. The molecule has 0 aliphatic rings. The average Bonchev–Trinajstić information content (AvgIpc) is 2.69. The number of fused-ring (bicyclic) bond motifs is 1. The van der Waals surface area contributed by atoms with Gasteiger partial charge in [0.25, 0.3) is 5.56 Å². The Bertz CT molecular complexity index is 685. The van der Waals surface area contributed by atoms with Crippen LogP contribution in [0.15, 0.2) is 41.7 Å². The van der Waals surface area contributed by atoms with Gasteiger partial charge in [0, 0.05) is 12.4 Å². The Morgan fingerprint density at radius 1 is 1.25 bits per heavy atom. The summed E-state index contributed by atoms with van der Waals surface area (Å²) in [7, 11) is 0. The first-order chi connectivity index (χ1) is 7.86. The normalized spacial score (nSPS) is 10.8. The van der Waals surface area contributed by atoms with Crippen molar-refractivity contribution in [1.29, 1.82) is 0 Å². The van der Waals surface area contributed by atoms with E-state index in [0.717, 1.165) is 0 Å². The number of nitrogens with zero attached hydrogens (tertiary/aromatic N) is 4. The van der Waals surface area contributed by atoms with E-state index < -0.39 is 0 Å². The van der Waals surface area contributed by atoms with E-state index in [1.54, 1.807) is 16.9 Å². The Hall–Kier alpha value is -2.50. The van der Waals surface area contributed by atoms with Crippen LogP contribution < -0.4 is 5.56 Å². The third kappa shape index (κ3) is 1.20. The van der Waals surface area contributed by atoms with Gasteiger partial charge in [-0.25, -0.2) is 19.6 Å². The molecular formula is C10H7N5O. The second-order valence-electron chi connectivity index (χ2n) is 3.22. The molecule has 0 fully saturated rings. The first-order valence-electron chi connectivity index (χ1n) is 4.68. The minimum absolute atomic E-state index is 0.221. The summed E-state index contributed by atoms with van der Waals surface area (Å²) in [5.41, 5.74) is 0.306. The maximum atomic E-state index is 11.6. The minimum Gasteiger partial charge on any atom is -0.267 e. The molecule has 3 aromatic heterocycles. The van der Waals surface area contributed by atoms with Gasteiger partial charge in [-0.3, -0.25) is 9.89 Å². The average molecular weight is 213 g/mol. The Labute approximate surface area is 89.6 Å². The molecule has 6 heteroatoms. The number of aromatic nitrogens is 5. The predicted octanol–water partition coefficient (Wildman–Crippen LogP) is 0.504. The molecule has 0 spiro atoms. The lowest BCUT2D eigenvalue weighted by Crippen LogP contribution is -2.05. The van der Waals surface area contributed by atoms with E-state index in [-0.39, 0.29) is 5.56 Å². The zero-order valence-electron chi connectivity index (χ0n) is 8.16. The van der Waals surface area contributed by atoms with E-state index in [1.807, 2.05) is 12.1 Å². The van der Waals surface area contributed by atoms with Crippen molar-refractivity contribution in [2.75, 3.05) is 0 Å². The molecule has 16 heavy (non-hydrogen) atoms. The fraction of sp³-hybridized carbons (Fsp3) is 0. The molecule has 3 rings (SSSR count). The van der Waals surface area contributed by atoms with E-state index in [0.29, 0.717) is 16.9 Å². The largest absolute Gasteiger partial charge is 0.275 e. The van der Waals surface area contributed by atoms with Gasteiger partial charge in [-0.1, -0.05) is 6.07 Å². The van der Waals surface area contributed by atoms with Crippen LogP contribution >= 0.6 is 0 Å². The van der Waals surface area contributed by atoms with Gasteiger partial charge in [0.15, 0.2) is 11.5 Å². The van der Waals surface area contributed by atoms with Crippen LogP contribution in [-0.4, -0.2) is 24.7 Å². The molecule has 3 aromatic rings. The molecule has 0 radical (unpaired) electrons. The molecule has 1 N–H and O–H groups in total. The van der Waals surface area contributed by atoms with Crippen LogP contribution in [-0.2, 0) is 0 Å². The molecule has 0 aliphatic carbocycles. The maximum Gasteiger partial charge on any atom is 0.275 e. The topological polar surface area (TPSA) is 76.5 Å². The molecular weight excluding hydrogens is 206 g/mol. The third-order valence-corrected chi connectivity index (χ3v) is 2.24. The van der Waals surface area contributed by atoms with Crippen molar-refractivity contribution in [3.05, 3.63) is 47.3 Å². The van der Waals surface area contributed by atoms with Crippen LogP contribution in [0.2, 0.25) is 0 Å². The summed E-state index contributed by atoms with van der Waals surface area (Å²) in [6.45, 7) is 0. The molecule has 78 valence electrons. The van der Waals surface area contributed by atoms with Crippen LogP contribution in [0.3, 0.4) is 0 Å². The van der Waals surface area contributed by atoms with Crippen molar-refractivity contribution in [3.8, 4) is 5.82 Å². The van der Waals surface area contributed by atoms with Gasteiger partial charge in [0.1, 0.15) is 11.7 Å². The number of rotatable bonds is 1. The standard InChI is InChI=1S/C10H7N5O/c16-10-7-5-11-6-13-9(7)15(14-10)8-3-1-2-4-12-8/h1-6H,(H,14,16). The molecule has 0 atom stereocenters. The number of hydrogen-bond donors (Lipinski definition) is 1. The van der Waals surface area contributed by atoms with Crippen molar-refractivity contribution in [2.24, 2.45) is 0 Å². The lowest BCUT2D eigenvalue weighted by Gasteiger charge is -2.00. The van der Waals surface area contributed by atoms with Crippen molar-refractivity contribution in [3.63, 3.8) is 0 Å². The molecule has 0 amide bonds. The molecule has 0 saturated heterocycles. The van der Waals surface area contributed by atoms with E-state index in [4.69, 9.17) is 0 Å². The number of aromatic amines is 1. The number of H-pyrrole nitrogens is 1. The Kier molecular flexibility index (Phi) is 1.79. The molecule has 0 aromatic carbocycles. The predicted molar refractivity (Wildman–Crippen MR) is 57.3 cm³/mol. The van der Waals surface area contributed by atoms with E-state index in [2.05, 4.69) is 20.1 Å². The molecule has 0 saturated carbocycles. The summed E-state index contributed by atoms with van der Waals surface area (Å²) in [4.78, 5) is 23.6. The fourth-order valence-corrected chi connectivity index (χ4v) is 1.53. The Balaban J connectivity index is 2.38. The highest BCUT2D eigenvalue weighted by Crippen LogP contribution is 2.08. The van der Waals surface area contributed by atoms with Crippen molar-refractivity contribution >= 4 is 11.0 Å². The van der Waals surface area contributed by atoms with Crippen molar-refractivity contribution in [1.82, 2.24) is 24.7 Å². The van der Waals surface area contributed by atoms with Crippen LogP contribution in [0.25, 0.3) is 16.9 Å². The van der Waals surface area contributed by atoms with Crippen molar-refractivity contribution in [2.45, 2.75) is 0 Å². The minimum atomic E-state index is -0.221. The third-order valence-electron chi connectivity index (χ3n) is 2.24. The van der Waals surface area contributed by atoms with Crippen LogP contribution in [0, 0.1) is 0 Å².